The van der Waals surface area contributed by atoms with Gasteiger partial charge in [0.05, 0.1) is 18.8 Å². The number of nitrogens with two attached hydrogens (primary N) is 1. The molecular weight excluding hydrogens is 246 g/mol. The zero-order valence-electron chi connectivity index (χ0n) is 9.73. The van der Waals surface area contributed by atoms with Crippen molar-refractivity contribution < 1.29 is 14.3 Å². The fraction of sp³-hybridized carbons (Fsp3) is 0.400. The first-order valence-electron chi connectivity index (χ1n) is 4.92. The van der Waals surface area contributed by atoms with E-state index in [0.717, 1.165) is 0 Å². The fourth-order valence-corrected chi connectivity index (χ4v) is 1.25. The Bertz CT molecular complexity index is 404. The molecule has 96 valence electrons. The third-order valence-corrected chi connectivity index (χ3v) is 1.96. The summed E-state index contributed by atoms with van der Waals surface area (Å²) in [4.78, 5) is 22.5. The van der Waals surface area contributed by atoms with Crippen LogP contribution in [0.2, 0.25) is 0 Å². The first-order chi connectivity index (χ1) is 7.58. The van der Waals surface area contributed by atoms with Crippen LogP contribution in [0.25, 0.3) is 0 Å². The molecular formula is C10H16ClN3O3. The average molecular weight is 262 g/mol. The number of carbonyl (C=O) groups is 2. The lowest BCUT2D eigenvalue weighted by atomic mass is 10.4. The molecule has 1 aromatic rings. The zero-order valence-corrected chi connectivity index (χ0v) is 10.5. The normalized spacial score (nSPS) is 9.35. The van der Waals surface area contributed by atoms with Crippen LogP contribution < -0.4 is 11.1 Å². The maximum Gasteiger partial charge on any atom is 0.355 e. The monoisotopic (exact) mass is 261 g/mol. The number of rotatable bonds is 4. The van der Waals surface area contributed by atoms with Gasteiger partial charge in [-0.3, -0.25) is 4.79 Å². The van der Waals surface area contributed by atoms with Gasteiger partial charge in [-0.2, -0.15) is 0 Å². The average Bonchev–Trinajstić information content (AvgIpc) is 2.59. The van der Waals surface area contributed by atoms with Crippen molar-refractivity contribution in [1.82, 2.24) is 4.57 Å². The molecule has 7 heteroatoms. The van der Waals surface area contributed by atoms with E-state index in [1.165, 1.54) is 0 Å². The molecule has 0 fully saturated rings. The van der Waals surface area contributed by atoms with Gasteiger partial charge < -0.3 is 20.4 Å². The van der Waals surface area contributed by atoms with E-state index in [0.29, 0.717) is 18.0 Å². The smallest absolute Gasteiger partial charge is 0.355 e. The molecule has 1 aromatic heterocycles. The molecule has 0 bridgehead atoms. The molecule has 6 nitrogen and oxygen atoms in total. The van der Waals surface area contributed by atoms with Crippen LogP contribution in [0.3, 0.4) is 0 Å². The van der Waals surface area contributed by atoms with Gasteiger partial charge >= 0.3 is 5.97 Å². The summed E-state index contributed by atoms with van der Waals surface area (Å²) in [6.07, 6.45) is 1.62. The highest BCUT2D eigenvalue weighted by molar-refractivity contribution is 5.95. The molecule has 0 spiro atoms. The third-order valence-electron chi connectivity index (χ3n) is 1.96. The van der Waals surface area contributed by atoms with Gasteiger partial charge in [-0.05, 0) is 13.0 Å². The number of esters is 1. The predicted octanol–water partition coefficient (Wildman–Crippen LogP) is 0.521. The van der Waals surface area contributed by atoms with E-state index in [9.17, 15) is 9.59 Å². The predicted molar refractivity (Wildman–Crippen MR) is 66.3 cm³/mol. The number of nitrogens with one attached hydrogen (secondary N) is 1. The van der Waals surface area contributed by atoms with E-state index in [1.54, 1.807) is 30.8 Å². The van der Waals surface area contributed by atoms with Crippen molar-refractivity contribution in [2.45, 2.75) is 6.92 Å². The van der Waals surface area contributed by atoms with Crippen molar-refractivity contribution in [2.75, 3.05) is 18.5 Å². The summed E-state index contributed by atoms with van der Waals surface area (Å²) in [5, 5.41) is 2.56. The first-order valence-corrected chi connectivity index (χ1v) is 4.92. The molecule has 0 aliphatic rings. The summed E-state index contributed by atoms with van der Waals surface area (Å²) in [5.41, 5.74) is 6.07. The number of carbonyl (C=O) groups excluding carboxylic acids is 2. The summed E-state index contributed by atoms with van der Waals surface area (Å²) in [7, 11) is 1.70. The SMILES string of the molecule is CCOC(=O)c1cc(NC(=O)CN)cn1C.Cl. The van der Waals surface area contributed by atoms with Crippen molar-refractivity contribution in [1.29, 1.82) is 0 Å². The van der Waals surface area contributed by atoms with Crippen LogP contribution >= 0.6 is 12.4 Å². The molecule has 0 unspecified atom stereocenters. The Morgan fingerprint density at radius 1 is 1.53 bits per heavy atom. The van der Waals surface area contributed by atoms with Crippen molar-refractivity contribution >= 4 is 30.0 Å². The molecule has 0 aromatic carbocycles. The number of hydrogen-bond donors (Lipinski definition) is 2. The van der Waals surface area contributed by atoms with Crippen molar-refractivity contribution in [2.24, 2.45) is 12.8 Å². The highest BCUT2D eigenvalue weighted by Crippen LogP contribution is 2.13. The van der Waals surface area contributed by atoms with E-state index in [2.05, 4.69) is 5.32 Å². The second kappa shape index (κ2) is 6.93. The van der Waals surface area contributed by atoms with Crippen LogP contribution in [0.1, 0.15) is 17.4 Å². The Morgan fingerprint density at radius 2 is 2.18 bits per heavy atom. The summed E-state index contributed by atoms with van der Waals surface area (Å²) in [6.45, 7) is 1.95. The molecule has 0 atom stereocenters. The van der Waals surface area contributed by atoms with Crippen molar-refractivity contribution in [3.63, 3.8) is 0 Å². The van der Waals surface area contributed by atoms with Gasteiger partial charge in [0, 0.05) is 13.2 Å². The molecule has 1 heterocycles. The van der Waals surface area contributed by atoms with Gasteiger partial charge in [0.1, 0.15) is 5.69 Å². The molecule has 3 N–H and O–H groups in total. The Hall–Kier alpha value is -1.53. The Labute approximate surface area is 106 Å². The van der Waals surface area contributed by atoms with E-state index in [-0.39, 0.29) is 24.9 Å². The molecule has 0 aliphatic heterocycles. The Morgan fingerprint density at radius 3 is 2.71 bits per heavy atom. The molecule has 0 saturated heterocycles. The van der Waals surface area contributed by atoms with Crippen LogP contribution in [0, 0.1) is 0 Å². The Balaban J connectivity index is 0.00000256. The number of anilines is 1. The van der Waals surface area contributed by atoms with E-state index < -0.39 is 5.97 Å². The Kier molecular flexibility index (Phi) is 6.30. The molecule has 1 amide bonds. The minimum atomic E-state index is -0.418. The van der Waals surface area contributed by atoms with Crippen molar-refractivity contribution in [3.8, 4) is 0 Å². The highest BCUT2D eigenvalue weighted by Gasteiger charge is 2.13. The topological polar surface area (TPSA) is 86.3 Å². The van der Waals surface area contributed by atoms with E-state index >= 15 is 0 Å². The largest absolute Gasteiger partial charge is 0.461 e. The second-order valence-corrected chi connectivity index (χ2v) is 3.20. The fourth-order valence-electron chi connectivity index (χ4n) is 1.25. The number of nitrogens with zero attached hydrogens (tertiary/aromatic N) is 1. The molecule has 1 rings (SSSR count). The van der Waals surface area contributed by atoms with Crippen LogP contribution in [0.4, 0.5) is 5.69 Å². The standard InChI is InChI=1S/C10H15N3O3.ClH/c1-3-16-10(15)8-4-7(6-13(8)2)12-9(14)5-11;/h4,6H,3,5,11H2,1-2H3,(H,12,14);1H. The number of hydrogen-bond acceptors (Lipinski definition) is 4. The summed E-state index contributed by atoms with van der Waals surface area (Å²) < 4.78 is 6.44. The number of aryl methyl sites for hydroxylation is 1. The van der Waals surface area contributed by atoms with Gasteiger partial charge in [0.2, 0.25) is 5.91 Å². The lowest BCUT2D eigenvalue weighted by Gasteiger charge is -2.01. The number of halogens is 1. The summed E-state index contributed by atoms with van der Waals surface area (Å²) in [6, 6.07) is 1.55. The second-order valence-electron chi connectivity index (χ2n) is 3.20. The van der Waals surface area contributed by atoms with Gasteiger partial charge in [-0.25, -0.2) is 4.79 Å². The minimum Gasteiger partial charge on any atom is -0.461 e. The lowest BCUT2D eigenvalue weighted by molar-refractivity contribution is -0.114. The quantitative estimate of drug-likeness (QED) is 0.774. The number of amides is 1. The minimum absolute atomic E-state index is 0. The van der Waals surface area contributed by atoms with E-state index in [1.807, 2.05) is 0 Å². The summed E-state index contributed by atoms with van der Waals surface area (Å²) >= 11 is 0. The van der Waals surface area contributed by atoms with Crippen LogP contribution in [0.5, 0.6) is 0 Å². The lowest BCUT2D eigenvalue weighted by Crippen LogP contribution is -2.21. The summed E-state index contributed by atoms with van der Waals surface area (Å²) in [5.74, 6) is -0.723. The molecule has 0 saturated carbocycles. The molecule has 0 radical (unpaired) electrons. The van der Waals surface area contributed by atoms with Crippen LogP contribution in [0.15, 0.2) is 12.3 Å². The van der Waals surface area contributed by atoms with Crippen LogP contribution in [-0.4, -0.2) is 29.6 Å². The van der Waals surface area contributed by atoms with Crippen molar-refractivity contribution in [3.05, 3.63) is 18.0 Å². The number of aromatic nitrogens is 1. The van der Waals surface area contributed by atoms with Gasteiger partial charge in [-0.15, -0.1) is 12.4 Å². The zero-order chi connectivity index (χ0) is 12.1. The maximum absolute atomic E-state index is 11.5. The number of ether oxygens (including phenoxy) is 1. The maximum atomic E-state index is 11.5. The van der Waals surface area contributed by atoms with Gasteiger partial charge in [-0.1, -0.05) is 0 Å². The van der Waals surface area contributed by atoms with E-state index in [4.69, 9.17) is 10.5 Å². The molecule has 17 heavy (non-hydrogen) atoms. The van der Waals surface area contributed by atoms with Gasteiger partial charge in [0.25, 0.3) is 0 Å². The molecule has 0 aliphatic carbocycles. The van der Waals surface area contributed by atoms with Crippen LogP contribution in [-0.2, 0) is 16.6 Å². The highest BCUT2D eigenvalue weighted by atomic mass is 35.5. The third kappa shape index (κ3) is 4.08. The first kappa shape index (κ1) is 15.5. The van der Waals surface area contributed by atoms with Gasteiger partial charge in [0.15, 0.2) is 0 Å².